The number of aromatic nitrogens is 1. The number of nitrogens with one attached hydrogen (secondary N) is 2. The van der Waals surface area contributed by atoms with E-state index < -0.39 is 0 Å². The third-order valence-corrected chi connectivity index (χ3v) is 5.31. The van der Waals surface area contributed by atoms with Crippen molar-refractivity contribution < 1.29 is 0 Å². The highest BCUT2D eigenvalue weighted by molar-refractivity contribution is 6.42. The molecule has 3 aromatic rings. The van der Waals surface area contributed by atoms with Gasteiger partial charge in [-0.2, -0.15) is 0 Å². The summed E-state index contributed by atoms with van der Waals surface area (Å²) < 4.78 is 0. The second kappa shape index (κ2) is 10.7. The molecule has 2 aromatic carbocycles. The molecule has 0 fully saturated rings. The van der Waals surface area contributed by atoms with Gasteiger partial charge in [0, 0.05) is 40.9 Å². The van der Waals surface area contributed by atoms with Crippen LogP contribution in [0.25, 0.3) is 10.9 Å². The normalized spacial score (nSPS) is 10.9. The zero-order chi connectivity index (χ0) is 18.7. The number of hydrogen-bond donors (Lipinski definition) is 2. The molecular formula is C20H22Cl5N3. The summed E-state index contributed by atoms with van der Waals surface area (Å²) in [5.74, 6) is 0. The Labute approximate surface area is 193 Å². The zero-order valence-corrected chi connectivity index (χ0v) is 19.3. The molecule has 8 heteroatoms. The summed E-state index contributed by atoms with van der Waals surface area (Å²) >= 11 is 18.4. The molecule has 0 saturated carbocycles. The molecule has 0 aliphatic rings. The van der Waals surface area contributed by atoms with Gasteiger partial charge in [-0.25, -0.2) is 0 Å². The Balaban J connectivity index is 0.00000196. The molecule has 0 saturated heterocycles. The quantitative estimate of drug-likeness (QED) is 0.397. The van der Waals surface area contributed by atoms with E-state index in [4.69, 9.17) is 34.8 Å². The van der Waals surface area contributed by atoms with E-state index in [2.05, 4.69) is 29.5 Å². The summed E-state index contributed by atoms with van der Waals surface area (Å²) in [7, 11) is 0. The fourth-order valence-electron chi connectivity index (χ4n) is 2.67. The summed E-state index contributed by atoms with van der Waals surface area (Å²) in [5.41, 5.74) is 2.73. The molecular weight excluding hydrogens is 460 g/mol. The van der Waals surface area contributed by atoms with Crippen molar-refractivity contribution in [2.45, 2.75) is 25.9 Å². The van der Waals surface area contributed by atoms with Gasteiger partial charge in [0.2, 0.25) is 0 Å². The molecule has 0 atom stereocenters. The first kappa shape index (κ1) is 25.1. The lowest BCUT2D eigenvalue weighted by atomic mass is 10.0. The van der Waals surface area contributed by atoms with Crippen LogP contribution in [0.15, 0.2) is 48.7 Å². The molecule has 28 heavy (non-hydrogen) atoms. The van der Waals surface area contributed by atoms with Gasteiger partial charge in [-0.15, -0.1) is 24.8 Å². The largest absolute Gasteiger partial charge is 0.383 e. The second-order valence-electron chi connectivity index (χ2n) is 6.82. The van der Waals surface area contributed by atoms with Crippen LogP contribution < -0.4 is 10.6 Å². The van der Waals surface area contributed by atoms with Crippen LogP contribution in [-0.2, 0) is 6.54 Å². The first-order valence-electron chi connectivity index (χ1n) is 8.32. The SMILES string of the molecule is CC(C)(CNc1ccnc2cc(Cl)ccc12)NCc1cccc(Cl)c1Cl.Cl.Cl. The van der Waals surface area contributed by atoms with E-state index in [1.54, 1.807) is 12.3 Å². The van der Waals surface area contributed by atoms with Crippen LogP contribution in [0.5, 0.6) is 0 Å². The molecule has 0 radical (unpaired) electrons. The average molecular weight is 482 g/mol. The number of halogens is 5. The number of anilines is 1. The molecule has 0 amide bonds. The first-order valence-corrected chi connectivity index (χ1v) is 9.45. The van der Waals surface area contributed by atoms with Gasteiger partial charge in [-0.05, 0) is 49.7 Å². The smallest absolute Gasteiger partial charge is 0.0737 e. The summed E-state index contributed by atoms with van der Waals surface area (Å²) in [6.45, 7) is 5.64. The molecule has 0 unspecified atom stereocenters. The van der Waals surface area contributed by atoms with Gasteiger partial charge in [0.05, 0.1) is 15.6 Å². The molecule has 2 N–H and O–H groups in total. The lowest BCUT2D eigenvalue weighted by Gasteiger charge is -2.28. The van der Waals surface area contributed by atoms with Crippen molar-refractivity contribution in [3.8, 4) is 0 Å². The van der Waals surface area contributed by atoms with Crippen LogP contribution in [0, 0.1) is 0 Å². The first-order chi connectivity index (χ1) is 12.4. The highest BCUT2D eigenvalue weighted by Gasteiger charge is 2.18. The Kier molecular flexibility index (Phi) is 9.61. The molecule has 1 aromatic heterocycles. The minimum Gasteiger partial charge on any atom is -0.383 e. The van der Waals surface area contributed by atoms with E-state index >= 15 is 0 Å². The van der Waals surface area contributed by atoms with Gasteiger partial charge in [0.25, 0.3) is 0 Å². The van der Waals surface area contributed by atoms with Crippen molar-refractivity contribution in [3.63, 3.8) is 0 Å². The predicted molar refractivity (Wildman–Crippen MR) is 127 cm³/mol. The molecule has 0 aliphatic carbocycles. The van der Waals surface area contributed by atoms with Crippen molar-refractivity contribution in [1.82, 2.24) is 10.3 Å². The van der Waals surface area contributed by atoms with Crippen molar-refractivity contribution in [2.75, 3.05) is 11.9 Å². The Bertz CT molecular complexity index is 931. The number of hydrogen-bond acceptors (Lipinski definition) is 3. The van der Waals surface area contributed by atoms with Gasteiger partial charge in [-0.3, -0.25) is 4.98 Å². The van der Waals surface area contributed by atoms with E-state index in [-0.39, 0.29) is 30.4 Å². The lowest BCUT2D eigenvalue weighted by molar-refractivity contribution is 0.407. The van der Waals surface area contributed by atoms with Gasteiger partial charge in [0.1, 0.15) is 0 Å². The summed E-state index contributed by atoms with van der Waals surface area (Å²) in [4.78, 5) is 4.37. The van der Waals surface area contributed by atoms with Crippen molar-refractivity contribution in [2.24, 2.45) is 0 Å². The van der Waals surface area contributed by atoms with E-state index in [0.29, 0.717) is 21.6 Å². The Morgan fingerprint density at radius 1 is 1.00 bits per heavy atom. The van der Waals surface area contributed by atoms with E-state index in [1.165, 1.54) is 0 Å². The number of nitrogens with zero attached hydrogens (tertiary/aromatic N) is 1. The van der Waals surface area contributed by atoms with E-state index in [9.17, 15) is 0 Å². The van der Waals surface area contributed by atoms with Crippen LogP contribution in [-0.4, -0.2) is 17.1 Å². The van der Waals surface area contributed by atoms with Crippen molar-refractivity contribution in [3.05, 3.63) is 69.3 Å². The molecule has 0 spiro atoms. The minimum absolute atomic E-state index is 0. The van der Waals surface area contributed by atoms with E-state index in [1.807, 2.05) is 36.4 Å². The zero-order valence-electron chi connectivity index (χ0n) is 15.4. The fraction of sp³-hybridized carbons (Fsp3) is 0.250. The number of pyridine rings is 1. The van der Waals surface area contributed by atoms with Crippen LogP contribution in [0.3, 0.4) is 0 Å². The lowest BCUT2D eigenvalue weighted by Crippen LogP contribution is -2.44. The predicted octanol–water partition coefficient (Wildman–Crippen LogP) is 7.02. The molecule has 1 heterocycles. The molecule has 152 valence electrons. The molecule has 3 nitrogen and oxygen atoms in total. The topological polar surface area (TPSA) is 37.0 Å². The van der Waals surface area contributed by atoms with Crippen molar-refractivity contribution in [1.29, 1.82) is 0 Å². The maximum absolute atomic E-state index is 6.27. The standard InChI is InChI=1S/C20H20Cl3N3.2ClH/c1-20(2,26-11-13-4-3-5-16(22)19(13)23)12-25-17-8-9-24-18-10-14(21)6-7-15(17)18;;/h3-10,26H,11-12H2,1-2H3,(H,24,25);2*1H. The molecule has 3 rings (SSSR count). The summed E-state index contributed by atoms with van der Waals surface area (Å²) in [5, 5.41) is 9.94. The van der Waals surface area contributed by atoms with E-state index in [0.717, 1.165) is 28.7 Å². The van der Waals surface area contributed by atoms with Crippen LogP contribution in [0.2, 0.25) is 15.1 Å². The monoisotopic (exact) mass is 479 g/mol. The van der Waals surface area contributed by atoms with Gasteiger partial charge in [0.15, 0.2) is 0 Å². The van der Waals surface area contributed by atoms with Gasteiger partial charge in [-0.1, -0.05) is 46.9 Å². The van der Waals surface area contributed by atoms with Crippen LogP contribution in [0.4, 0.5) is 5.69 Å². The van der Waals surface area contributed by atoms with Crippen molar-refractivity contribution >= 4 is 76.2 Å². The maximum atomic E-state index is 6.27. The van der Waals surface area contributed by atoms with Crippen LogP contribution in [0.1, 0.15) is 19.4 Å². The number of fused-ring (bicyclic) bond motifs is 1. The fourth-order valence-corrected chi connectivity index (χ4v) is 3.23. The van der Waals surface area contributed by atoms with Gasteiger partial charge < -0.3 is 10.6 Å². The highest BCUT2D eigenvalue weighted by Crippen LogP contribution is 2.27. The molecule has 0 aliphatic heterocycles. The molecule has 0 bridgehead atoms. The third-order valence-electron chi connectivity index (χ3n) is 4.21. The van der Waals surface area contributed by atoms with Crippen LogP contribution >= 0.6 is 59.6 Å². The summed E-state index contributed by atoms with van der Waals surface area (Å²) in [6, 6.07) is 13.4. The maximum Gasteiger partial charge on any atom is 0.0737 e. The Morgan fingerprint density at radius 2 is 1.75 bits per heavy atom. The third kappa shape index (κ3) is 6.28. The number of benzene rings is 2. The Hall–Kier alpha value is -0.940. The summed E-state index contributed by atoms with van der Waals surface area (Å²) in [6.07, 6.45) is 1.78. The average Bonchev–Trinajstić information content (AvgIpc) is 2.61. The van der Waals surface area contributed by atoms with Gasteiger partial charge >= 0.3 is 0 Å². The minimum atomic E-state index is -0.159. The Morgan fingerprint density at radius 3 is 2.50 bits per heavy atom. The highest BCUT2D eigenvalue weighted by atomic mass is 35.5. The second-order valence-corrected chi connectivity index (χ2v) is 8.05. The number of rotatable bonds is 6.